The Morgan fingerprint density at radius 1 is 1.57 bits per heavy atom. The molecule has 0 saturated heterocycles. The second-order valence-electron chi connectivity index (χ2n) is 0.539. The Hall–Kier alpha value is 2.42. The topological polar surface area (TPSA) is 72.4 Å². The quantitative estimate of drug-likeness (QED) is 0.391. The minimum Gasteiger partial charge on any atom is 2.00 e. The van der Waals surface area contributed by atoms with Gasteiger partial charge in [0, 0.05) is 0 Å². The van der Waals surface area contributed by atoms with Crippen LogP contribution in [0, 0.1) is 29.9 Å². The molecule has 0 heterocycles. The fourth-order valence-corrected chi connectivity index (χ4v) is 0. The first-order chi connectivity index (χ1) is 2.56. The first-order valence-electron chi connectivity index (χ1n) is 0.934. The van der Waals surface area contributed by atoms with Crippen LogP contribution in [-0.4, -0.2) is 37.7 Å². The van der Waals surface area contributed by atoms with E-state index in [9.17, 15) is 14.4 Å². The van der Waals surface area contributed by atoms with Gasteiger partial charge in [0.25, 0.3) is 0 Å². The van der Waals surface area contributed by atoms with Crippen LogP contribution in [0.1, 0.15) is 0 Å². The molecule has 0 aromatic heterocycles. The molecule has 0 aromatic rings. The predicted molar refractivity (Wildman–Crippen MR) is 14.4 cm³/mol. The van der Waals surface area contributed by atoms with Gasteiger partial charge in [0.15, 0.2) is 0 Å². The summed E-state index contributed by atoms with van der Waals surface area (Å²) in [5.74, 6) is 0. The maximum Gasteiger partial charge on any atom is 2.00 e. The zero-order valence-corrected chi connectivity index (χ0v) is 10.6. The molecule has 0 unspecified atom stereocenters. The van der Waals surface area contributed by atoms with E-state index in [1.807, 2.05) is 0 Å². The standard InChI is InChI=1S/Ca.H3O4P.U/c;1-5(2,3)4;/h;(H3,1,2,3,4);/q+2;;+1/p-3. The summed E-state index contributed by atoms with van der Waals surface area (Å²) < 4.78 is 12.8. The zero-order chi connectivity index (χ0) is 5.21. The Morgan fingerprint density at radius 3 is 1.71 bits per heavy atom. The number of rotatable bonds is 1. The summed E-state index contributed by atoms with van der Waals surface area (Å²) in [5.41, 5.74) is 0. The fraction of sp³-hybridized carbons (Fsp3) is 0. The molecule has 0 aliphatic heterocycles. The van der Waals surface area contributed by atoms with Gasteiger partial charge in [-0.3, -0.25) is 0 Å². The van der Waals surface area contributed by atoms with Crippen molar-refractivity contribution < 1.29 is 46.3 Å². The average Bonchev–Trinajstić information content (AvgIpc) is 1.35. The molecule has 0 atom stereocenters. The van der Waals surface area contributed by atoms with E-state index < -0.39 is 7.82 Å². The third kappa shape index (κ3) is 11.8. The van der Waals surface area contributed by atoms with E-state index in [4.69, 9.17) is 0 Å². The second kappa shape index (κ2) is 5.23. The molecular weight excluding hydrogens is 373 g/mol. The van der Waals surface area contributed by atoms with Crippen LogP contribution in [0.5, 0.6) is 0 Å². The summed E-state index contributed by atoms with van der Waals surface area (Å²) in [5, 5.41) is 0. The van der Waals surface area contributed by atoms with E-state index in [1.165, 1.54) is 0 Å². The Kier molecular flexibility index (Phi) is 9.06. The number of phosphoric acid groups is 1. The Labute approximate surface area is 90.2 Å². The Bertz CT molecular complexity index is 75.8. The SMILES string of the molecule is O=P([O-])([O-])[O][U].[Ca+2]. The van der Waals surface area contributed by atoms with E-state index >= 15 is 0 Å². The molecule has 0 radical (unpaired) electrons. The largest absolute Gasteiger partial charge is 2.00 e. The van der Waals surface area contributed by atoms with Crippen molar-refractivity contribution in [2.24, 2.45) is 0 Å². The molecule has 4 nitrogen and oxygen atoms in total. The van der Waals surface area contributed by atoms with Crippen molar-refractivity contribution in [3.05, 3.63) is 0 Å². The molecule has 0 aliphatic rings. The van der Waals surface area contributed by atoms with Crippen LogP contribution in [0.15, 0.2) is 0 Å². The van der Waals surface area contributed by atoms with Gasteiger partial charge in [-0.05, 0) is 0 Å². The van der Waals surface area contributed by atoms with Gasteiger partial charge >= 0.3 is 91.9 Å². The maximum absolute atomic E-state index is 9.29. The van der Waals surface area contributed by atoms with Crippen LogP contribution in [0.4, 0.5) is 0 Å². The molecule has 0 N–H and O–H groups in total. The fourth-order valence-electron chi connectivity index (χ4n) is 0. The van der Waals surface area contributed by atoms with Gasteiger partial charge in [-0.1, -0.05) is 0 Å². The minimum absolute atomic E-state index is 0. The molecular formula is CaO4PU. The summed E-state index contributed by atoms with van der Waals surface area (Å²) in [6.07, 6.45) is 0. The van der Waals surface area contributed by atoms with E-state index in [-0.39, 0.29) is 67.7 Å². The van der Waals surface area contributed by atoms with Gasteiger partial charge < -0.3 is 0 Å². The molecule has 0 spiro atoms. The van der Waals surface area contributed by atoms with Crippen LogP contribution < -0.4 is 9.79 Å². The molecule has 35 valence electrons. The average molecular weight is 373 g/mol. The summed E-state index contributed by atoms with van der Waals surface area (Å²) in [4.78, 5) is 18.6. The third-order valence-corrected chi connectivity index (χ3v) is 3.13. The van der Waals surface area contributed by atoms with Gasteiger partial charge in [0.1, 0.15) is 0 Å². The van der Waals surface area contributed by atoms with Crippen molar-refractivity contribution in [1.82, 2.24) is 0 Å². The smallest absolute Gasteiger partial charge is 2.00 e. The molecule has 0 aromatic carbocycles. The van der Waals surface area contributed by atoms with Gasteiger partial charge in [-0.2, -0.15) is 0 Å². The summed E-state index contributed by atoms with van der Waals surface area (Å²) in [6, 6.07) is 0. The number of hydrogen-bond donors (Lipinski definition) is 0. The molecule has 0 aliphatic carbocycles. The van der Waals surface area contributed by atoms with Gasteiger partial charge in [-0.15, -0.1) is 0 Å². The van der Waals surface area contributed by atoms with Crippen LogP contribution in [0.3, 0.4) is 0 Å². The Balaban J connectivity index is 0. The van der Waals surface area contributed by atoms with Crippen LogP contribution in [0.25, 0.3) is 0 Å². The molecule has 7 heavy (non-hydrogen) atoms. The molecule has 0 bridgehead atoms. The van der Waals surface area contributed by atoms with Crippen LogP contribution >= 0.6 is 7.82 Å². The van der Waals surface area contributed by atoms with E-state index in [0.717, 1.165) is 0 Å². The number of hydrogen-bond acceptors (Lipinski definition) is 4. The normalized spacial score (nSPS) is 10.3. The first-order valence-corrected chi connectivity index (χ1v) is 4.09. The molecule has 0 saturated carbocycles. The molecule has 7 heteroatoms. The van der Waals surface area contributed by atoms with E-state index in [1.54, 1.807) is 0 Å². The van der Waals surface area contributed by atoms with Crippen molar-refractivity contribution >= 4 is 45.6 Å². The monoisotopic (exact) mass is 373 g/mol. The third-order valence-electron chi connectivity index (χ3n) is 0.112. The van der Waals surface area contributed by atoms with E-state index in [0.29, 0.717) is 0 Å². The van der Waals surface area contributed by atoms with E-state index in [2.05, 4.69) is 2.03 Å². The Morgan fingerprint density at radius 2 is 1.71 bits per heavy atom. The van der Waals surface area contributed by atoms with Crippen LogP contribution in [0.2, 0.25) is 0 Å². The van der Waals surface area contributed by atoms with Crippen molar-refractivity contribution in [2.75, 3.05) is 0 Å². The maximum atomic E-state index is 9.29. The van der Waals surface area contributed by atoms with Gasteiger partial charge in [0.2, 0.25) is 0 Å². The van der Waals surface area contributed by atoms with Crippen molar-refractivity contribution in [3.63, 3.8) is 0 Å². The van der Waals surface area contributed by atoms with Crippen molar-refractivity contribution in [2.45, 2.75) is 0 Å². The minimum atomic E-state index is -4.57. The summed E-state index contributed by atoms with van der Waals surface area (Å²) in [7, 11) is -4.57. The molecule has 0 rings (SSSR count). The van der Waals surface area contributed by atoms with Crippen LogP contribution in [-0.2, 0) is 6.59 Å². The van der Waals surface area contributed by atoms with Gasteiger partial charge in [0.05, 0.1) is 0 Å². The van der Waals surface area contributed by atoms with Crippen molar-refractivity contribution in [3.8, 4) is 0 Å². The summed E-state index contributed by atoms with van der Waals surface area (Å²) >= 11 is -0.223. The molecule has 0 fully saturated rings. The summed E-state index contributed by atoms with van der Waals surface area (Å²) in [6.45, 7) is 0. The second-order valence-corrected chi connectivity index (χ2v) is 3.90. The zero-order valence-electron chi connectivity index (χ0n) is 3.29. The predicted octanol–water partition coefficient (Wildman–Crippen LogP) is -2.08. The van der Waals surface area contributed by atoms with Gasteiger partial charge in [-0.25, -0.2) is 0 Å². The van der Waals surface area contributed by atoms with Crippen molar-refractivity contribution in [1.29, 1.82) is 0 Å². The first kappa shape index (κ1) is 12.1. The molecule has 0 amide bonds.